The molecule has 0 spiro atoms. The lowest BCUT2D eigenvalue weighted by Crippen LogP contribution is -2.47. The van der Waals surface area contributed by atoms with Gasteiger partial charge >= 0.3 is 0 Å². The second kappa shape index (κ2) is 13.3. The molecule has 1 fully saturated rings. The lowest BCUT2D eigenvalue weighted by atomic mass is 9.69. The number of rotatable bonds is 1. The van der Waals surface area contributed by atoms with Crippen molar-refractivity contribution in [2.24, 2.45) is 17.8 Å². The lowest BCUT2D eigenvalue weighted by Gasteiger charge is -2.44. The highest BCUT2D eigenvalue weighted by Gasteiger charge is 2.40. The molecule has 0 aromatic heterocycles. The molecule has 2 N–H and O–H groups in total. The van der Waals surface area contributed by atoms with Crippen LogP contribution in [0.5, 0.6) is 5.75 Å². The smallest absolute Gasteiger partial charge is 0.264 e. The first-order valence-electron chi connectivity index (χ1n) is 15.6. The van der Waals surface area contributed by atoms with Gasteiger partial charge in [-0.05, 0) is 125 Å². The molecule has 8 nitrogen and oxygen atoms in total. The summed E-state index contributed by atoms with van der Waals surface area (Å²) in [5, 5.41) is 11.4. The number of aryl methyl sites for hydroxylation is 1. The van der Waals surface area contributed by atoms with Crippen molar-refractivity contribution >= 4 is 33.2 Å². The number of aliphatic hydroxyl groups excluding tert-OH is 1. The predicted octanol–water partition coefficient (Wildman–Crippen LogP) is 5.26. The number of amides is 1. The van der Waals surface area contributed by atoms with E-state index in [0.717, 1.165) is 56.4 Å². The Hall–Kier alpha value is -2.33. The number of sulfonamides is 1. The van der Waals surface area contributed by atoms with Crippen LogP contribution in [0, 0.1) is 17.8 Å². The monoisotopic (exact) mass is 631 g/mol. The van der Waals surface area contributed by atoms with Gasteiger partial charge in [-0.2, -0.15) is 0 Å². The number of aliphatic hydroxyl groups is 1. The molecule has 1 amide bonds. The van der Waals surface area contributed by atoms with E-state index in [-0.39, 0.29) is 23.4 Å². The number of hydrogen-bond donors (Lipinski definition) is 2. The fraction of sp³-hybridized carbons (Fsp3) is 0.606. The van der Waals surface area contributed by atoms with E-state index < -0.39 is 27.3 Å². The zero-order valence-electron chi connectivity index (χ0n) is 25.8. The highest BCUT2D eigenvalue weighted by atomic mass is 35.5. The molecule has 0 unspecified atom stereocenters. The van der Waals surface area contributed by atoms with Crippen LogP contribution in [-0.4, -0.2) is 68.9 Å². The minimum absolute atomic E-state index is 0.0214. The number of halogens is 1. The molecule has 0 saturated heterocycles. The number of nitrogens with one attached hydrogen (secondary N) is 1. The normalized spacial score (nSPS) is 30.1. The van der Waals surface area contributed by atoms with Gasteiger partial charge in [-0.1, -0.05) is 24.6 Å². The van der Waals surface area contributed by atoms with Crippen molar-refractivity contribution in [3.63, 3.8) is 0 Å². The van der Waals surface area contributed by atoms with Crippen molar-refractivity contribution in [3.05, 3.63) is 58.1 Å². The van der Waals surface area contributed by atoms with E-state index in [1.807, 2.05) is 39.2 Å². The van der Waals surface area contributed by atoms with Crippen LogP contribution in [0.25, 0.3) is 0 Å². The molecular weight excluding hydrogens is 586 g/mol. The van der Waals surface area contributed by atoms with E-state index in [2.05, 4.69) is 14.5 Å². The lowest BCUT2D eigenvalue weighted by molar-refractivity contribution is -0.00518. The van der Waals surface area contributed by atoms with Crippen LogP contribution in [0.15, 0.2) is 36.4 Å². The summed E-state index contributed by atoms with van der Waals surface area (Å²) in [7, 11) is 0.0216. The molecular formula is C33H46ClN3O5S. The van der Waals surface area contributed by atoms with E-state index in [1.54, 1.807) is 25.1 Å². The Labute approximate surface area is 261 Å². The molecule has 0 radical (unpaired) electrons. The fourth-order valence-corrected chi connectivity index (χ4v) is 8.35. The largest absolute Gasteiger partial charge is 0.487 e. The summed E-state index contributed by atoms with van der Waals surface area (Å²) in [6.07, 6.45) is 5.52. The highest BCUT2D eigenvalue weighted by molar-refractivity contribution is 7.90. The Bertz CT molecular complexity index is 1420. The van der Waals surface area contributed by atoms with Gasteiger partial charge in [0.25, 0.3) is 5.91 Å². The van der Waals surface area contributed by atoms with Crippen LogP contribution in [-0.2, 0) is 23.1 Å². The Kier molecular flexibility index (Phi) is 9.96. The Morgan fingerprint density at radius 2 is 1.84 bits per heavy atom. The second-order valence-corrected chi connectivity index (χ2v) is 15.6. The van der Waals surface area contributed by atoms with Gasteiger partial charge in [-0.15, -0.1) is 0 Å². The molecule has 10 heteroatoms. The second-order valence-electron chi connectivity index (χ2n) is 13.1. The SMILES string of the molecule is C[C@@H]1[C@@H](C)C[C@H](N(C)C)C[C@H](O)[C@@H]2CC[C@H]2CN2CCCCc3cc(Cl)ccc3COc3ccc(cc32)C(=O)NS1(=O)=O. The zero-order valence-corrected chi connectivity index (χ0v) is 27.3. The van der Waals surface area contributed by atoms with Crippen molar-refractivity contribution in [3.8, 4) is 5.75 Å². The first kappa shape index (κ1) is 32.1. The molecule has 2 aromatic carbocycles. The van der Waals surface area contributed by atoms with E-state index in [0.29, 0.717) is 36.1 Å². The molecule has 236 valence electrons. The number of hydrogen-bond acceptors (Lipinski definition) is 7. The van der Waals surface area contributed by atoms with E-state index in [4.69, 9.17) is 16.3 Å². The third kappa shape index (κ3) is 7.32. The van der Waals surface area contributed by atoms with Gasteiger partial charge in [0, 0.05) is 29.7 Å². The number of benzene rings is 2. The molecule has 2 aliphatic heterocycles. The molecule has 2 heterocycles. The van der Waals surface area contributed by atoms with Gasteiger partial charge in [0.1, 0.15) is 12.4 Å². The number of carbonyl (C=O) groups excluding carboxylic acids is 1. The van der Waals surface area contributed by atoms with E-state index >= 15 is 0 Å². The molecule has 5 rings (SSSR count). The Balaban J connectivity index is 1.54. The third-order valence-corrected chi connectivity index (χ3v) is 12.2. The summed E-state index contributed by atoms with van der Waals surface area (Å²) in [6.45, 7) is 5.42. The summed E-state index contributed by atoms with van der Waals surface area (Å²) < 4.78 is 35.5. The minimum atomic E-state index is -3.94. The fourth-order valence-electron chi connectivity index (χ4n) is 6.87. The average Bonchev–Trinajstić information content (AvgIpc) is 2.96. The van der Waals surface area contributed by atoms with Crippen LogP contribution < -0.4 is 14.4 Å². The molecule has 3 aliphatic rings. The average molecular weight is 632 g/mol. The van der Waals surface area contributed by atoms with Gasteiger partial charge in [-0.3, -0.25) is 4.79 Å². The molecule has 2 aromatic rings. The first-order chi connectivity index (χ1) is 20.4. The van der Waals surface area contributed by atoms with Crippen LogP contribution in [0.3, 0.4) is 0 Å². The van der Waals surface area contributed by atoms with Gasteiger partial charge < -0.3 is 19.6 Å². The molecule has 43 heavy (non-hydrogen) atoms. The van der Waals surface area contributed by atoms with Crippen molar-refractivity contribution in [1.29, 1.82) is 0 Å². The Morgan fingerprint density at radius 1 is 1.05 bits per heavy atom. The third-order valence-electron chi connectivity index (χ3n) is 10.1. The quantitative estimate of drug-likeness (QED) is 0.443. The molecule has 1 aliphatic carbocycles. The number of ether oxygens (including phenoxy) is 1. The molecule has 6 atom stereocenters. The predicted molar refractivity (Wildman–Crippen MR) is 171 cm³/mol. The van der Waals surface area contributed by atoms with Crippen molar-refractivity contribution in [2.75, 3.05) is 32.1 Å². The number of fused-ring (bicyclic) bond motifs is 3. The van der Waals surface area contributed by atoms with Crippen molar-refractivity contribution in [1.82, 2.24) is 9.62 Å². The van der Waals surface area contributed by atoms with Crippen LogP contribution in [0.2, 0.25) is 5.02 Å². The van der Waals surface area contributed by atoms with Gasteiger partial charge in [-0.25, -0.2) is 13.1 Å². The van der Waals surface area contributed by atoms with Crippen molar-refractivity contribution < 1.29 is 23.1 Å². The molecule has 2 bridgehead atoms. The summed E-state index contributed by atoms with van der Waals surface area (Å²) in [4.78, 5) is 17.8. The van der Waals surface area contributed by atoms with Crippen molar-refractivity contribution in [2.45, 2.75) is 82.8 Å². The van der Waals surface area contributed by atoms with E-state index in [9.17, 15) is 18.3 Å². The first-order valence-corrected chi connectivity index (χ1v) is 17.5. The van der Waals surface area contributed by atoms with Crippen LogP contribution in [0.1, 0.15) is 73.9 Å². The molecule has 1 saturated carbocycles. The Morgan fingerprint density at radius 3 is 2.56 bits per heavy atom. The maximum Gasteiger partial charge on any atom is 0.264 e. The summed E-state index contributed by atoms with van der Waals surface area (Å²) in [6, 6.07) is 11.1. The summed E-state index contributed by atoms with van der Waals surface area (Å²) >= 11 is 6.32. The van der Waals surface area contributed by atoms with Gasteiger partial charge in [0.15, 0.2) is 0 Å². The maximum absolute atomic E-state index is 13.4. The number of nitrogens with zero attached hydrogens (tertiary/aromatic N) is 2. The van der Waals surface area contributed by atoms with Crippen LogP contribution >= 0.6 is 11.6 Å². The van der Waals surface area contributed by atoms with E-state index in [1.165, 1.54) is 5.56 Å². The van der Waals surface area contributed by atoms with Crippen LogP contribution in [0.4, 0.5) is 5.69 Å². The number of carbonyl (C=O) groups is 1. The highest BCUT2D eigenvalue weighted by Crippen LogP contribution is 2.42. The summed E-state index contributed by atoms with van der Waals surface area (Å²) in [5.74, 6) is 0.281. The minimum Gasteiger partial charge on any atom is -0.487 e. The summed E-state index contributed by atoms with van der Waals surface area (Å²) in [5.41, 5.74) is 3.31. The standard InChI is InChI=1S/C33H46ClN3O5S/c1-21-15-28(36(3)4)18-31(38)29-12-9-25(29)19-37-14-6-5-7-23-16-27(34)11-8-26(23)20-42-32-13-10-24(17-30(32)37)33(39)35-43(40,41)22(21)2/h8,10-11,13,16-17,21-22,25,28-29,31,38H,5-7,9,12,14-15,18-20H2,1-4H3,(H,35,39)/t21-,22+,25-,28-,29+,31-/m0/s1. The van der Waals surface area contributed by atoms with Gasteiger partial charge in [0.05, 0.1) is 17.0 Å². The topological polar surface area (TPSA) is 99.2 Å². The van der Waals surface area contributed by atoms with Gasteiger partial charge in [0.2, 0.25) is 10.0 Å². The zero-order chi connectivity index (χ0) is 30.9. The maximum atomic E-state index is 13.4. The number of anilines is 1.